The summed E-state index contributed by atoms with van der Waals surface area (Å²) in [6.45, 7) is 3.28. The van der Waals surface area contributed by atoms with Crippen LogP contribution in [0.3, 0.4) is 0 Å². The first-order chi connectivity index (χ1) is 10.4. The average Bonchev–Trinajstić information content (AvgIpc) is 2.48. The molecule has 1 heterocycles. The molecule has 0 aliphatic heterocycles. The number of anilines is 1. The number of rotatable bonds is 5. The van der Waals surface area contributed by atoms with Gasteiger partial charge in [-0.05, 0) is 43.7 Å². The number of carbonyl (C=O) groups is 1. The Morgan fingerprint density at radius 2 is 1.82 bits per heavy atom. The van der Waals surface area contributed by atoms with Crippen LogP contribution in [0.2, 0.25) is 0 Å². The van der Waals surface area contributed by atoms with E-state index in [1.807, 2.05) is 0 Å². The fourth-order valence-corrected chi connectivity index (χ4v) is 2.94. The van der Waals surface area contributed by atoms with Gasteiger partial charge in [0, 0.05) is 6.20 Å². The monoisotopic (exact) mass is 318 g/mol. The van der Waals surface area contributed by atoms with E-state index >= 15 is 0 Å². The first-order valence-electron chi connectivity index (χ1n) is 6.93. The van der Waals surface area contributed by atoms with E-state index in [1.54, 1.807) is 62.5 Å². The Kier molecular flexibility index (Phi) is 4.92. The maximum absolute atomic E-state index is 12.0. The first-order valence-corrected chi connectivity index (χ1v) is 8.48. The van der Waals surface area contributed by atoms with Crippen molar-refractivity contribution < 1.29 is 13.2 Å². The molecular weight excluding hydrogens is 300 g/mol. The van der Waals surface area contributed by atoms with Crippen molar-refractivity contribution >= 4 is 21.6 Å². The fraction of sp³-hybridized carbons (Fsp3) is 0.250. The molecule has 1 aromatic carbocycles. The number of aromatic nitrogens is 1. The number of nitrogens with zero attached hydrogens (tertiary/aromatic N) is 1. The second-order valence-electron chi connectivity index (χ2n) is 5.18. The van der Waals surface area contributed by atoms with Crippen LogP contribution in [0, 0.1) is 0 Å². The minimum atomic E-state index is -3.28. The van der Waals surface area contributed by atoms with E-state index in [0.717, 1.165) is 5.56 Å². The SMILES string of the molecule is CC(C)S(=O)(=O)c1ccc(CC(=O)Nc2ccccn2)cc1. The van der Waals surface area contributed by atoms with Crippen molar-refractivity contribution in [2.45, 2.75) is 30.4 Å². The molecule has 0 spiro atoms. The van der Waals surface area contributed by atoms with Gasteiger partial charge in [-0.2, -0.15) is 0 Å². The predicted molar refractivity (Wildman–Crippen MR) is 85.3 cm³/mol. The Morgan fingerprint density at radius 1 is 1.14 bits per heavy atom. The molecule has 2 rings (SSSR count). The second-order valence-corrected chi connectivity index (χ2v) is 7.68. The molecule has 1 aromatic heterocycles. The van der Waals surface area contributed by atoms with Crippen LogP contribution in [0.4, 0.5) is 5.82 Å². The molecule has 6 heteroatoms. The first kappa shape index (κ1) is 16.2. The van der Waals surface area contributed by atoms with Gasteiger partial charge in [0.15, 0.2) is 9.84 Å². The number of hydrogen-bond acceptors (Lipinski definition) is 4. The van der Waals surface area contributed by atoms with E-state index in [-0.39, 0.29) is 17.2 Å². The third kappa shape index (κ3) is 3.92. The van der Waals surface area contributed by atoms with Crippen molar-refractivity contribution in [3.63, 3.8) is 0 Å². The molecule has 116 valence electrons. The number of carbonyl (C=O) groups excluding carboxylic acids is 1. The Balaban J connectivity index is 2.04. The molecule has 0 aliphatic rings. The summed E-state index contributed by atoms with van der Waals surface area (Å²) in [5, 5.41) is 2.22. The second kappa shape index (κ2) is 6.70. The quantitative estimate of drug-likeness (QED) is 0.918. The minimum Gasteiger partial charge on any atom is -0.310 e. The van der Waals surface area contributed by atoms with Crippen LogP contribution in [-0.4, -0.2) is 24.6 Å². The summed E-state index contributed by atoms with van der Waals surface area (Å²) in [6.07, 6.45) is 1.76. The van der Waals surface area contributed by atoms with E-state index in [9.17, 15) is 13.2 Å². The lowest BCUT2D eigenvalue weighted by molar-refractivity contribution is -0.115. The molecule has 0 atom stereocenters. The summed E-state index contributed by atoms with van der Waals surface area (Å²) >= 11 is 0. The highest BCUT2D eigenvalue weighted by molar-refractivity contribution is 7.92. The number of hydrogen-bond donors (Lipinski definition) is 1. The average molecular weight is 318 g/mol. The van der Waals surface area contributed by atoms with Crippen LogP contribution in [0.15, 0.2) is 53.6 Å². The van der Waals surface area contributed by atoms with Gasteiger partial charge >= 0.3 is 0 Å². The number of sulfone groups is 1. The fourth-order valence-electron chi connectivity index (χ4n) is 1.88. The van der Waals surface area contributed by atoms with Crippen LogP contribution in [-0.2, 0) is 21.1 Å². The summed E-state index contributed by atoms with van der Waals surface area (Å²) < 4.78 is 24.0. The van der Waals surface area contributed by atoms with Gasteiger partial charge in [-0.1, -0.05) is 18.2 Å². The number of benzene rings is 1. The molecule has 0 saturated heterocycles. The summed E-state index contributed by atoms with van der Waals surface area (Å²) in [6, 6.07) is 11.7. The van der Waals surface area contributed by atoms with Crippen LogP contribution in [0.5, 0.6) is 0 Å². The van der Waals surface area contributed by atoms with E-state index in [0.29, 0.717) is 5.82 Å². The third-order valence-electron chi connectivity index (χ3n) is 3.17. The lowest BCUT2D eigenvalue weighted by Gasteiger charge is -2.09. The van der Waals surface area contributed by atoms with Crippen molar-refractivity contribution in [2.75, 3.05) is 5.32 Å². The summed E-state index contributed by atoms with van der Waals surface area (Å²) in [5.74, 6) is 0.296. The smallest absolute Gasteiger partial charge is 0.229 e. The highest BCUT2D eigenvalue weighted by atomic mass is 32.2. The maximum Gasteiger partial charge on any atom is 0.229 e. The zero-order valence-corrected chi connectivity index (χ0v) is 13.3. The third-order valence-corrected chi connectivity index (χ3v) is 5.34. The van der Waals surface area contributed by atoms with Gasteiger partial charge < -0.3 is 5.32 Å². The van der Waals surface area contributed by atoms with E-state index in [1.165, 1.54) is 0 Å². The van der Waals surface area contributed by atoms with Gasteiger partial charge in [0.1, 0.15) is 5.82 Å². The zero-order chi connectivity index (χ0) is 16.2. The van der Waals surface area contributed by atoms with Gasteiger partial charge in [0.25, 0.3) is 0 Å². The molecule has 0 bridgehead atoms. The van der Waals surface area contributed by atoms with Gasteiger partial charge in [0.05, 0.1) is 16.6 Å². The summed E-state index contributed by atoms with van der Waals surface area (Å²) in [7, 11) is -3.28. The lowest BCUT2D eigenvalue weighted by atomic mass is 10.1. The van der Waals surface area contributed by atoms with Crippen molar-refractivity contribution in [1.82, 2.24) is 4.98 Å². The predicted octanol–water partition coefficient (Wildman–Crippen LogP) is 2.44. The highest BCUT2D eigenvalue weighted by Gasteiger charge is 2.18. The summed E-state index contributed by atoms with van der Waals surface area (Å²) in [5.41, 5.74) is 0.746. The number of amides is 1. The van der Waals surface area contributed by atoms with Crippen molar-refractivity contribution in [1.29, 1.82) is 0 Å². The molecule has 0 saturated carbocycles. The van der Waals surface area contributed by atoms with Crippen molar-refractivity contribution in [2.24, 2.45) is 0 Å². The van der Waals surface area contributed by atoms with Crippen LogP contribution >= 0.6 is 0 Å². The van der Waals surface area contributed by atoms with Crippen LogP contribution in [0.1, 0.15) is 19.4 Å². The zero-order valence-electron chi connectivity index (χ0n) is 12.5. The molecule has 1 amide bonds. The molecule has 22 heavy (non-hydrogen) atoms. The van der Waals surface area contributed by atoms with Crippen LogP contribution in [0.25, 0.3) is 0 Å². The molecule has 5 nitrogen and oxygen atoms in total. The standard InChI is InChI=1S/C16H18N2O3S/c1-12(2)22(20,21)14-8-6-13(7-9-14)11-16(19)18-15-5-3-4-10-17-15/h3-10,12H,11H2,1-2H3,(H,17,18,19). The summed E-state index contributed by atoms with van der Waals surface area (Å²) in [4.78, 5) is 16.2. The number of nitrogens with one attached hydrogen (secondary N) is 1. The Hall–Kier alpha value is -2.21. The molecule has 1 N–H and O–H groups in total. The normalized spacial score (nSPS) is 11.4. The van der Waals surface area contributed by atoms with Crippen LogP contribution < -0.4 is 5.32 Å². The van der Waals surface area contributed by atoms with Gasteiger partial charge in [-0.3, -0.25) is 4.79 Å². The molecule has 0 unspecified atom stereocenters. The Morgan fingerprint density at radius 3 is 2.36 bits per heavy atom. The van der Waals surface area contributed by atoms with Gasteiger partial charge in [-0.25, -0.2) is 13.4 Å². The molecule has 0 fully saturated rings. The highest BCUT2D eigenvalue weighted by Crippen LogP contribution is 2.17. The Bertz CT molecular complexity index is 739. The minimum absolute atomic E-state index is 0.165. The molecule has 0 radical (unpaired) electrons. The molecule has 0 aliphatic carbocycles. The van der Waals surface area contributed by atoms with E-state index in [2.05, 4.69) is 10.3 Å². The van der Waals surface area contributed by atoms with Gasteiger partial charge in [0.2, 0.25) is 5.91 Å². The largest absolute Gasteiger partial charge is 0.310 e. The van der Waals surface area contributed by atoms with E-state index < -0.39 is 15.1 Å². The lowest BCUT2D eigenvalue weighted by Crippen LogP contribution is -2.16. The molecule has 2 aromatic rings. The Labute approximate surface area is 130 Å². The van der Waals surface area contributed by atoms with E-state index in [4.69, 9.17) is 0 Å². The van der Waals surface area contributed by atoms with Crippen molar-refractivity contribution in [3.05, 3.63) is 54.2 Å². The number of pyridine rings is 1. The molecular formula is C16H18N2O3S. The topological polar surface area (TPSA) is 76.1 Å². The maximum atomic E-state index is 12.0. The van der Waals surface area contributed by atoms with Crippen molar-refractivity contribution in [3.8, 4) is 0 Å². The van der Waals surface area contributed by atoms with Gasteiger partial charge in [-0.15, -0.1) is 0 Å².